The summed E-state index contributed by atoms with van der Waals surface area (Å²) in [7, 11) is 1.95. The molecule has 1 fully saturated rings. The molecule has 8 heteroatoms. The van der Waals surface area contributed by atoms with Crippen molar-refractivity contribution in [3.05, 3.63) is 59.8 Å². The van der Waals surface area contributed by atoms with E-state index >= 15 is 0 Å². The Kier molecular flexibility index (Phi) is 4.35. The van der Waals surface area contributed by atoms with Crippen LogP contribution in [-0.4, -0.2) is 38.2 Å². The van der Waals surface area contributed by atoms with E-state index in [-0.39, 0.29) is 18.2 Å². The molecule has 3 heterocycles. The van der Waals surface area contributed by atoms with Crippen LogP contribution in [0, 0.1) is 0 Å². The van der Waals surface area contributed by atoms with Gasteiger partial charge in [-0.05, 0) is 41.8 Å². The molecule has 1 saturated heterocycles. The van der Waals surface area contributed by atoms with E-state index < -0.39 is 11.9 Å². The van der Waals surface area contributed by atoms with E-state index in [0.717, 1.165) is 28.2 Å². The van der Waals surface area contributed by atoms with Gasteiger partial charge in [0.2, 0.25) is 11.8 Å². The maximum Gasteiger partial charge on any atom is 0.255 e. The van der Waals surface area contributed by atoms with Gasteiger partial charge in [-0.1, -0.05) is 18.2 Å². The number of nitrogens with two attached hydrogens (primary N) is 1. The first-order valence-electron chi connectivity index (χ1n) is 10.1. The number of nitrogen functional groups attached to an aromatic ring is 1. The van der Waals surface area contributed by atoms with Gasteiger partial charge in [0.05, 0.1) is 11.9 Å². The van der Waals surface area contributed by atoms with Crippen LogP contribution in [0.25, 0.3) is 22.6 Å². The molecule has 0 saturated carbocycles. The van der Waals surface area contributed by atoms with Gasteiger partial charge in [-0.2, -0.15) is 0 Å². The van der Waals surface area contributed by atoms with Crippen molar-refractivity contribution >= 4 is 23.4 Å². The number of imidazole rings is 1. The van der Waals surface area contributed by atoms with Gasteiger partial charge in [0.15, 0.2) is 0 Å². The normalized spacial score (nSPS) is 18.3. The number of hydrogen-bond acceptors (Lipinski definition) is 5. The molecule has 1 aromatic heterocycles. The van der Waals surface area contributed by atoms with E-state index in [1.807, 2.05) is 54.2 Å². The zero-order chi connectivity index (χ0) is 21.7. The topological polar surface area (TPSA) is 110 Å². The third kappa shape index (κ3) is 3.16. The Morgan fingerprint density at radius 3 is 2.55 bits per heavy atom. The molecule has 5 rings (SSSR count). The van der Waals surface area contributed by atoms with E-state index in [9.17, 15) is 14.4 Å². The number of fused-ring (bicyclic) bond motifs is 1. The van der Waals surface area contributed by atoms with E-state index in [2.05, 4.69) is 10.3 Å². The maximum atomic E-state index is 12.9. The number of anilines is 1. The fourth-order valence-corrected chi connectivity index (χ4v) is 4.31. The number of carbonyl (C=O) groups excluding carboxylic acids is 3. The minimum atomic E-state index is -0.619. The third-order valence-electron chi connectivity index (χ3n) is 5.98. The third-order valence-corrected chi connectivity index (χ3v) is 5.98. The minimum Gasteiger partial charge on any atom is -0.399 e. The number of nitrogens with one attached hydrogen (secondary N) is 1. The fourth-order valence-electron chi connectivity index (χ4n) is 4.31. The Morgan fingerprint density at radius 1 is 1.06 bits per heavy atom. The summed E-state index contributed by atoms with van der Waals surface area (Å²) >= 11 is 0. The van der Waals surface area contributed by atoms with E-state index in [0.29, 0.717) is 24.2 Å². The number of rotatable bonds is 3. The van der Waals surface area contributed by atoms with Crippen LogP contribution in [0.4, 0.5) is 5.69 Å². The highest BCUT2D eigenvalue weighted by molar-refractivity contribution is 6.05. The summed E-state index contributed by atoms with van der Waals surface area (Å²) in [5.74, 6) is -0.103. The zero-order valence-electron chi connectivity index (χ0n) is 17.0. The second-order valence-electron chi connectivity index (χ2n) is 7.92. The first kappa shape index (κ1) is 19.0. The van der Waals surface area contributed by atoms with Gasteiger partial charge in [-0.25, -0.2) is 4.98 Å². The molecule has 3 N–H and O–H groups in total. The summed E-state index contributed by atoms with van der Waals surface area (Å²) < 4.78 is 2.00. The summed E-state index contributed by atoms with van der Waals surface area (Å²) in [5, 5.41) is 2.33. The number of imide groups is 1. The largest absolute Gasteiger partial charge is 0.399 e. The number of amides is 3. The number of benzene rings is 2. The molecule has 0 spiro atoms. The molecule has 0 radical (unpaired) electrons. The molecule has 8 nitrogen and oxygen atoms in total. The lowest BCUT2D eigenvalue weighted by atomic mass is 10.0. The highest BCUT2D eigenvalue weighted by Crippen LogP contribution is 2.32. The predicted molar refractivity (Wildman–Crippen MR) is 115 cm³/mol. The minimum absolute atomic E-state index is 0.182. The van der Waals surface area contributed by atoms with Crippen LogP contribution < -0.4 is 11.1 Å². The number of piperidine rings is 1. The number of nitrogens with zero attached hydrogens (tertiary/aromatic N) is 3. The van der Waals surface area contributed by atoms with E-state index in [1.165, 1.54) is 0 Å². The van der Waals surface area contributed by atoms with Gasteiger partial charge in [0, 0.05) is 36.8 Å². The van der Waals surface area contributed by atoms with Crippen LogP contribution in [0.15, 0.2) is 48.7 Å². The van der Waals surface area contributed by atoms with Gasteiger partial charge in [-0.15, -0.1) is 0 Å². The smallest absolute Gasteiger partial charge is 0.255 e. The Balaban J connectivity index is 1.44. The predicted octanol–water partition coefficient (Wildman–Crippen LogP) is 2.10. The lowest BCUT2D eigenvalue weighted by molar-refractivity contribution is -0.136. The van der Waals surface area contributed by atoms with Gasteiger partial charge in [0.1, 0.15) is 11.9 Å². The lowest BCUT2D eigenvalue weighted by Gasteiger charge is -2.29. The van der Waals surface area contributed by atoms with Crippen molar-refractivity contribution in [2.24, 2.45) is 7.05 Å². The van der Waals surface area contributed by atoms with Crippen molar-refractivity contribution in [2.75, 3.05) is 5.73 Å². The first-order valence-corrected chi connectivity index (χ1v) is 10.1. The van der Waals surface area contributed by atoms with Crippen molar-refractivity contribution < 1.29 is 14.4 Å². The van der Waals surface area contributed by atoms with Crippen LogP contribution in [0.3, 0.4) is 0 Å². The molecular formula is C23H21N5O3. The van der Waals surface area contributed by atoms with E-state index in [4.69, 9.17) is 5.73 Å². The standard InChI is InChI=1S/C23H21N5O3/c1-27-19(13-2-5-16(24)6-3-13)11-25-21(27)14-4-7-17-15(10-14)12-28(23(17)31)18-8-9-20(29)26-22(18)30/h2-7,10-11,18H,8-9,12,24H2,1H3,(H,26,29,30). The van der Waals surface area contributed by atoms with Crippen LogP contribution in [0.5, 0.6) is 0 Å². The zero-order valence-corrected chi connectivity index (χ0v) is 17.0. The molecule has 2 aliphatic heterocycles. The van der Waals surface area contributed by atoms with Crippen LogP contribution in [-0.2, 0) is 23.2 Å². The summed E-state index contributed by atoms with van der Waals surface area (Å²) in [5.41, 5.74) is 10.8. The van der Waals surface area contributed by atoms with Crippen LogP contribution >= 0.6 is 0 Å². The van der Waals surface area contributed by atoms with Crippen molar-refractivity contribution in [3.63, 3.8) is 0 Å². The Labute approximate surface area is 178 Å². The average Bonchev–Trinajstić information content (AvgIpc) is 3.28. The maximum absolute atomic E-state index is 12.9. The summed E-state index contributed by atoms with van der Waals surface area (Å²) in [6, 6.07) is 12.6. The SMILES string of the molecule is Cn1c(-c2ccc(N)cc2)cnc1-c1ccc2c(c1)CN(C1CCC(=O)NC1=O)C2=O. The Bertz CT molecular complexity index is 1230. The second-order valence-corrected chi connectivity index (χ2v) is 7.92. The highest BCUT2D eigenvalue weighted by atomic mass is 16.2. The molecule has 2 aliphatic rings. The average molecular weight is 415 g/mol. The monoisotopic (exact) mass is 415 g/mol. The molecule has 1 atom stereocenters. The molecule has 3 aromatic rings. The fraction of sp³-hybridized carbons (Fsp3) is 0.217. The van der Waals surface area contributed by atoms with Gasteiger partial charge >= 0.3 is 0 Å². The van der Waals surface area contributed by atoms with Gasteiger partial charge < -0.3 is 15.2 Å². The molecule has 1 unspecified atom stereocenters. The molecule has 156 valence electrons. The summed E-state index contributed by atoms with van der Waals surface area (Å²) in [4.78, 5) is 42.7. The molecule has 3 amide bonds. The van der Waals surface area contributed by atoms with E-state index in [1.54, 1.807) is 11.0 Å². The lowest BCUT2D eigenvalue weighted by Crippen LogP contribution is -2.52. The van der Waals surface area contributed by atoms with Crippen LogP contribution in [0.2, 0.25) is 0 Å². The first-order chi connectivity index (χ1) is 14.9. The number of aromatic nitrogens is 2. The molecule has 31 heavy (non-hydrogen) atoms. The summed E-state index contributed by atoms with van der Waals surface area (Å²) in [6.45, 7) is 0.337. The van der Waals surface area contributed by atoms with Crippen LogP contribution in [0.1, 0.15) is 28.8 Å². The molecule has 0 bridgehead atoms. The van der Waals surface area contributed by atoms with Crippen molar-refractivity contribution in [1.29, 1.82) is 0 Å². The highest BCUT2D eigenvalue weighted by Gasteiger charge is 2.39. The molecular weight excluding hydrogens is 394 g/mol. The summed E-state index contributed by atoms with van der Waals surface area (Å²) in [6.07, 6.45) is 2.40. The van der Waals surface area contributed by atoms with Crippen molar-refractivity contribution in [3.8, 4) is 22.6 Å². The molecule has 0 aliphatic carbocycles. The Hall–Kier alpha value is -3.94. The van der Waals surface area contributed by atoms with Gasteiger partial charge in [-0.3, -0.25) is 19.7 Å². The quantitative estimate of drug-likeness (QED) is 0.503. The Morgan fingerprint density at radius 2 is 1.81 bits per heavy atom. The van der Waals surface area contributed by atoms with Crippen molar-refractivity contribution in [2.45, 2.75) is 25.4 Å². The van der Waals surface area contributed by atoms with Crippen molar-refractivity contribution in [1.82, 2.24) is 19.8 Å². The number of hydrogen-bond donors (Lipinski definition) is 2. The van der Waals surface area contributed by atoms with Gasteiger partial charge in [0.25, 0.3) is 5.91 Å². The number of carbonyl (C=O) groups is 3. The second kappa shape index (κ2) is 7.09. The molecule has 2 aromatic carbocycles.